The van der Waals surface area contributed by atoms with E-state index in [4.69, 9.17) is 9.47 Å². The predicted molar refractivity (Wildman–Crippen MR) is 222 cm³/mol. The van der Waals surface area contributed by atoms with Gasteiger partial charge in [-0.15, -0.1) is 0 Å². The molecule has 2 N–H and O–H groups in total. The van der Waals surface area contributed by atoms with Gasteiger partial charge in [-0.2, -0.15) is 0 Å². The molecule has 284 valence electrons. The number of anilines is 1. The van der Waals surface area contributed by atoms with Gasteiger partial charge in [0.05, 0.1) is 5.69 Å². The van der Waals surface area contributed by atoms with Crippen LogP contribution in [-0.4, -0.2) is 48.3 Å². The third-order valence-corrected chi connectivity index (χ3v) is 10.4. The molecule has 2 unspecified atom stereocenters. The van der Waals surface area contributed by atoms with E-state index in [2.05, 4.69) is 48.1 Å². The lowest BCUT2D eigenvalue weighted by Gasteiger charge is -2.49. The Morgan fingerprint density at radius 2 is 1.58 bits per heavy atom. The van der Waals surface area contributed by atoms with E-state index >= 15 is 0 Å². The van der Waals surface area contributed by atoms with Crippen LogP contribution in [0, 0.1) is 11.8 Å². The van der Waals surface area contributed by atoms with Gasteiger partial charge in [-0.1, -0.05) is 91.6 Å². The van der Waals surface area contributed by atoms with Crippen molar-refractivity contribution in [3.8, 4) is 11.1 Å². The van der Waals surface area contributed by atoms with Crippen LogP contribution < -0.4 is 10.6 Å². The van der Waals surface area contributed by atoms with Gasteiger partial charge >= 0.3 is 12.2 Å². The maximum atomic E-state index is 13.4. The van der Waals surface area contributed by atoms with Crippen molar-refractivity contribution in [2.45, 2.75) is 59.5 Å². The average Bonchev–Trinajstić information content (AvgIpc) is 3.46. The number of carbonyl (C=O) groups excluding carboxylic acids is 3. The second-order valence-corrected chi connectivity index (χ2v) is 15.4. The highest BCUT2D eigenvalue weighted by molar-refractivity contribution is 5.94. The van der Waals surface area contributed by atoms with Crippen LogP contribution in [0.2, 0.25) is 0 Å². The van der Waals surface area contributed by atoms with Crippen LogP contribution in [0.25, 0.3) is 28.9 Å². The summed E-state index contributed by atoms with van der Waals surface area (Å²) in [6, 6.07) is 20.5. The standard InChI is InChI=1S/C47H51N3O5/c1-9-16-29(4)35(10-2)32-22-31(36(11-3)43(24-32)49-45(52)55-47(6,7)8)21-30(5)48-44(51)25-41-33-23-34(41)27-50(26-33)46(53)54-28-42-39-19-14-12-17-37(39)38-18-13-15-20-40(38)42/h9-22,24-25,33-34,42H,1,3,23,26-28H2,2,4-8H3,(H,48,51)(H,49,52)/b29-16-,30-21+,35-10+,41-25?. The van der Waals surface area contributed by atoms with Crippen LogP contribution in [0.4, 0.5) is 15.3 Å². The molecule has 3 aromatic carbocycles. The summed E-state index contributed by atoms with van der Waals surface area (Å²) < 4.78 is 11.5. The van der Waals surface area contributed by atoms with Crippen molar-refractivity contribution in [3.05, 3.63) is 143 Å². The summed E-state index contributed by atoms with van der Waals surface area (Å²) in [5, 5.41) is 5.93. The Bertz CT molecular complexity index is 2100. The van der Waals surface area contributed by atoms with E-state index in [0.29, 0.717) is 30.0 Å². The molecule has 2 heterocycles. The summed E-state index contributed by atoms with van der Waals surface area (Å²) in [5.74, 6) is 0.0135. The summed E-state index contributed by atoms with van der Waals surface area (Å²) >= 11 is 0. The number of ether oxygens (including phenoxy) is 2. The van der Waals surface area contributed by atoms with Gasteiger partial charge in [0.1, 0.15) is 12.2 Å². The number of hydrogen-bond acceptors (Lipinski definition) is 5. The minimum absolute atomic E-state index is 0.00681. The average molecular weight is 738 g/mol. The molecule has 3 fully saturated rings. The molecule has 2 aliphatic carbocycles. The van der Waals surface area contributed by atoms with Gasteiger partial charge in [-0.3, -0.25) is 10.1 Å². The zero-order valence-electron chi connectivity index (χ0n) is 32.7. The number of fused-ring (bicyclic) bond motifs is 5. The van der Waals surface area contributed by atoms with Gasteiger partial charge in [0, 0.05) is 36.3 Å². The van der Waals surface area contributed by atoms with Crippen LogP contribution >= 0.6 is 0 Å². The lowest BCUT2D eigenvalue weighted by Crippen LogP contribution is -2.53. The third kappa shape index (κ3) is 8.59. The first-order chi connectivity index (χ1) is 26.3. The highest BCUT2D eigenvalue weighted by atomic mass is 16.6. The first kappa shape index (κ1) is 38.8. The molecular formula is C47H51N3O5. The zero-order valence-corrected chi connectivity index (χ0v) is 32.7. The summed E-state index contributed by atoms with van der Waals surface area (Å²) in [7, 11) is 0. The molecule has 3 aromatic rings. The maximum Gasteiger partial charge on any atom is 0.412 e. The smallest absolute Gasteiger partial charge is 0.412 e. The largest absolute Gasteiger partial charge is 0.448 e. The Morgan fingerprint density at radius 1 is 0.945 bits per heavy atom. The lowest BCUT2D eigenvalue weighted by atomic mass is 9.66. The van der Waals surface area contributed by atoms with E-state index in [9.17, 15) is 14.4 Å². The Hall–Kier alpha value is -5.89. The van der Waals surface area contributed by atoms with Gasteiger partial charge in [0.15, 0.2) is 0 Å². The number of carbonyl (C=O) groups is 3. The van der Waals surface area contributed by atoms with Crippen LogP contribution in [0.3, 0.4) is 0 Å². The second-order valence-electron chi connectivity index (χ2n) is 15.4. The highest BCUT2D eigenvalue weighted by Gasteiger charge is 2.44. The molecule has 0 radical (unpaired) electrons. The summed E-state index contributed by atoms with van der Waals surface area (Å²) in [4.78, 5) is 41.3. The molecule has 2 bridgehead atoms. The zero-order chi connectivity index (χ0) is 39.4. The quantitative estimate of drug-likeness (QED) is 0.160. The fraction of sp³-hybridized carbons (Fsp3) is 0.298. The minimum Gasteiger partial charge on any atom is -0.448 e. The molecule has 0 aromatic heterocycles. The first-order valence-electron chi connectivity index (χ1n) is 18.9. The fourth-order valence-electron chi connectivity index (χ4n) is 8.06. The van der Waals surface area contributed by atoms with E-state index in [0.717, 1.165) is 34.3 Å². The maximum absolute atomic E-state index is 13.4. The molecule has 55 heavy (non-hydrogen) atoms. The highest BCUT2D eigenvalue weighted by Crippen LogP contribution is 2.46. The molecule has 1 saturated carbocycles. The van der Waals surface area contributed by atoms with E-state index in [1.807, 2.05) is 96.2 Å². The van der Waals surface area contributed by atoms with E-state index in [1.165, 1.54) is 22.3 Å². The molecule has 8 nitrogen and oxygen atoms in total. The summed E-state index contributed by atoms with van der Waals surface area (Å²) in [5.41, 5.74) is 10.6. The monoisotopic (exact) mass is 737 g/mol. The Labute approximate surface area is 325 Å². The Morgan fingerprint density at radius 3 is 2.16 bits per heavy atom. The molecule has 4 aliphatic rings. The lowest BCUT2D eigenvalue weighted by molar-refractivity contribution is -0.116. The van der Waals surface area contributed by atoms with Crippen molar-refractivity contribution in [1.29, 1.82) is 0 Å². The Balaban J connectivity index is 1.13. The van der Waals surface area contributed by atoms with Crippen LogP contribution in [-0.2, 0) is 14.3 Å². The van der Waals surface area contributed by atoms with Crippen molar-refractivity contribution in [1.82, 2.24) is 10.2 Å². The van der Waals surface area contributed by atoms with Crippen molar-refractivity contribution in [2.24, 2.45) is 11.8 Å². The van der Waals surface area contributed by atoms with Crippen molar-refractivity contribution in [3.63, 3.8) is 0 Å². The van der Waals surface area contributed by atoms with Crippen molar-refractivity contribution < 1.29 is 23.9 Å². The SMILES string of the molecule is C=C/C=C(C)\C(=C/C)c1cc(/C=C(\C)NC(=O)C=C2C3CC2CN(C(=O)OCC2c4ccccc4-c4ccccc42)C3)c(C=C)c(NC(=O)OC(C)(C)C)c1. The van der Waals surface area contributed by atoms with Gasteiger partial charge in [-0.05, 0) is 123 Å². The number of amides is 3. The first-order valence-corrected chi connectivity index (χ1v) is 18.9. The number of piperidine rings is 2. The van der Waals surface area contributed by atoms with Gasteiger partial charge in [-0.25, -0.2) is 9.59 Å². The van der Waals surface area contributed by atoms with Crippen molar-refractivity contribution >= 4 is 41.5 Å². The van der Waals surface area contributed by atoms with Crippen LogP contribution in [0.15, 0.2) is 115 Å². The molecule has 2 atom stereocenters. The third-order valence-electron chi connectivity index (χ3n) is 10.4. The predicted octanol–water partition coefficient (Wildman–Crippen LogP) is 10.5. The normalized spacial score (nSPS) is 18.0. The van der Waals surface area contributed by atoms with Gasteiger partial charge in [0.25, 0.3) is 0 Å². The molecule has 3 amide bonds. The molecule has 2 aliphatic heterocycles. The fourth-order valence-corrected chi connectivity index (χ4v) is 8.06. The molecule has 0 spiro atoms. The molecule has 7 rings (SSSR count). The summed E-state index contributed by atoms with van der Waals surface area (Å²) in [6.45, 7) is 20.4. The van der Waals surface area contributed by atoms with Gasteiger partial charge < -0.3 is 19.7 Å². The van der Waals surface area contributed by atoms with Crippen molar-refractivity contribution in [2.75, 3.05) is 25.0 Å². The number of allylic oxidation sites excluding steroid dienone is 6. The van der Waals surface area contributed by atoms with E-state index in [-0.39, 0.29) is 36.4 Å². The minimum atomic E-state index is -0.678. The van der Waals surface area contributed by atoms with Crippen LogP contribution in [0.5, 0.6) is 0 Å². The summed E-state index contributed by atoms with van der Waals surface area (Å²) in [6.07, 6.45) is 11.0. The van der Waals surface area contributed by atoms with E-state index < -0.39 is 11.7 Å². The number of hydrogen-bond donors (Lipinski definition) is 2. The topological polar surface area (TPSA) is 97.0 Å². The number of nitrogens with one attached hydrogen (secondary N) is 2. The number of rotatable bonds is 10. The molecule has 8 heteroatoms. The number of nitrogens with zero attached hydrogens (tertiary/aromatic N) is 1. The Kier molecular flexibility index (Phi) is 11.5. The molecule has 2 saturated heterocycles. The van der Waals surface area contributed by atoms with Gasteiger partial charge in [0.2, 0.25) is 5.91 Å². The van der Waals surface area contributed by atoms with Crippen LogP contribution in [0.1, 0.15) is 81.7 Å². The van der Waals surface area contributed by atoms with E-state index in [1.54, 1.807) is 23.1 Å². The molecular weight excluding hydrogens is 687 g/mol. The number of benzene rings is 3. The second kappa shape index (κ2) is 16.2.